The van der Waals surface area contributed by atoms with Crippen LogP contribution in [0.4, 0.5) is 0 Å². The molecule has 1 saturated carbocycles. The number of carbonyl (C=O) groups is 1. The van der Waals surface area contributed by atoms with Crippen LogP contribution in [0.15, 0.2) is 23.8 Å². The highest BCUT2D eigenvalue weighted by molar-refractivity contribution is 5.91. The van der Waals surface area contributed by atoms with Gasteiger partial charge in [0, 0.05) is 22.8 Å². The van der Waals surface area contributed by atoms with E-state index in [9.17, 15) is 15.0 Å². The van der Waals surface area contributed by atoms with E-state index in [1.807, 2.05) is 19.9 Å². The molecule has 1 heterocycles. The fourth-order valence-corrected chi connectivity index (χ4v) is 4.12. The maximum Gasteiger partial charge on any atom is 0.334 e. The molecule has 4 nitrogen and oxygen atoms in total. The lowest BCUT2D eigenvalue weighted by Gasteiger charge is -2.53. The van der Waals surface area contributed by atoms with Crippen molar-refractivity contribution in [2.24, 2.45) is 17.3 Å². The first-order valence-electron chi connectivity index (χ1n) is 6.80. The second kappa shape index (κ2) is 3.93. The van der Waals surface area contributed by atoms with Crippen molar-refractivity contribution in [3.8, 4) is 0 Å². The van der Waals surface area contributed by atoms with Gasteiger partial charge in [-0.2, -0.15) is 0 Å². The third-order valence-electron chi connectivity index (χ3n) is 5.41. The van der Waals surface area contributed by atoms with Crippen molar-refractivity contribution in [2.75, 3.05) is 0 Å². The largest absolute Gasteiger partial charge is 0.458 e. The molecule has 4 heteroatoms. The molecule has 1 saturated heterocycles. The Hall–Kier alpha value is -1.13. The molecule has 2 fully saturated rings. The number of fused-ring (bicyclic) bond motifs is 3. The first-order valence-corrected chi connectivity index (χ1v) is 6.80. The molecule has 2 N–H and O–H groups in total. The molecule has 3 rings (SSSR count). The number of aliphatic hydroxyl groups excluding tert-OH is 2. The highest BCUT2D eigenvalue weighted by Gasteiger charge is 2.61. The second-order valence-electron chi connectivity index (χ2n) is 6.30. The average molecular weight is 264 g/mol. The fourth-order valence-electron chi connectivity index (χ4n) is 4.12. The van der Waals surface area contributed by atoms with Crippen LogP contribution < -0.4 is 0 Å². The van der Waals surface area contributed by atoms with Crippen molar-refractivity contribution >= 4 is 5.97 Å². The van der Waals surface area contributed by atoms with E-state index in [2.05, 4.69) is 6.58 Å². The molecule has 0 bridgehead atoms. The molecule has 0 aromatic rings. The zero-order valence-electron chi connectivity index (χ0n) is 11.3. The summed E-state index contributed by atoms with van der Waals surface area (Å²) in [7, 11) is 0. The molecule has 2 aliphatic carbocycles. The number of aliphatic hydroxyl groups is 2. The van der Waals surface area contributed by atoms with Crippen molar-refractivity contribution in [3.05, 3.63) is 23.8 Å². The standard InChI is InChI=1S/C15H20O4/c1-7-4-5-10(16)15(3)11(17)6-9-8(2)14(18)19-13(9)12(7)15/h4,9-13,16-17H,2,5-6H2,1,3H3/t9?,10-,11-,12-,13+,15-/m1/s1. The number of esters is 1. The van der Waals surface area contributed by atoms with Crippen molar-refractivity contribution in [2.45, 2.75) is 45.0 Å². The second-order valence-corrected chi connectivity index (χ2v) is 6.30. The molecule has 3 aliphatic rings. The van der Waals surface area contributed by atoms with Crippen molar-refractivity contribution in [3.63, 3.8) is 0 Å². The lowest BCUT2D eigenvalue weighted by Crippen LogP contribution is -2.59. The van der Waals surface area contributed by atoms with E-state index in [0.29, 0.717) is 18.4 Å². The van der Waals surface area contributed by atoms with Gasteiger partial charge < -0.3 is 14.9 Å². The average Bonchev–Trinajstić information content (AvgIpc) is 2.62. The Morgan fingerprint density at radius 3 is 2.79 bits per heavy atom. The topological polar surface area (TPSA) is 66.8 Å². The van der Waals surface area contributed by atoms with E-state index in [-0.39, 0.29) is 23.9 Å². The van der Waals surface area contributed by atoms with Crippen molar-refractivity contribution in [1.29, 1.82) is 0 Å². The molecule has 0 radical (unpaired) electrons. The summed E-state index contributed by atoms with van der Waals surface area (Å²) < 4.78 is 5.48. The zero-order valence-corrected chi connectivity index (χ0v) is 11.3. The van der Waals surface area contributed by atoms with Gasteiger partial charge in [0.05, 0.1) is 12.2 Å². The Morgan fingerprint density at radius 2 is 2.11 bits per heavy atom. The van der Waals surface area contributed by atoms with Crippen LogP contribution in [0.3, 0.4) is 0 Å². The van der Waals surface area contributed by atoms with Gasteiger partial charge in [0.15, 0.2) is 0 Å². The maximum atomic E-state index is 11.7. The molecule has 1 aliphatic heterocycles. The molecule has 0 spiro atoms. The van der Waals surface area contributed by atoms with Gasteiger partial charge in [0.2, 0.25) is 0 Å². The zero-order chi connectivity index (χ0) is 13.9. The predicted molar refractivity (Wildman–Crippen MR) is 69.1 cm³/mol. The number of ether oxygens (including phenoxy) is 1. The lowest BCUT2D eigenvalue weighted by molar-refractivity contribution is -0.169. The minimum absolute atomic E-state index is 0.130. The summed E-state index contributed by atoms with van der Waals surface area (Å²) in [6.45, 7) is 7.67. The number of hydrogen-bond acceptors (Lipinski definition) is 4. The Bertz CT molecular complexity index is 481. The molecule has 0 aromatic heterocycles. The van der Waals surface area contributed by atoms with Crippen molar-refractivity contribution < 1.29 is 19.7 Å². The number of carbonyl (C=O) groups excluding carboxylic acids is 1. The van der Waals surface area contributed by atoms with Crippen LogP contribution in [0.2, 0.25) is 0 Å². The smallest absolute Gasteiger partial charge is 0.334 e. The maximum absolute atomic E-state index is 11.7. The van der Waals surface area contributed by atoms with Gasteiger partial charge in [-0.1, -0.05) is 25.2 Å². The quantitative estimate of drug-likeness (QED) is 0.392. The monoisotopic (exact) mass is 264 g/mol. The Kier molecular flexibility index (Phi) is 2.67. The van der Waals surface area contributed by atoms with E-state index in [1.54, 1.807) is 0 Å². The number of rotatable bonds is 0. The summed E-state index contributed by atoms with van der Waals surface area (Å²) >= 11 is 0. The van der Waals surface area contributed by atoms with Gasteiger partial charge in [-0.05, 0) is 19.8 Å². The molecule has 19 heavy (non-hydrogen) atoms. The van der Waals surface area contributed by atoms with Gasteiger partial charge in [0.25, 0.3) is 0 Å². The van der Waals surface area contributed by atoms with E-state index in [4.69, 9.17) is 4.74 Å². The van der Waals surface area contributed by atoms with Gasteiger partial charge in [-0.25, -0.2) is 4.79 Å². The van der Waals surface area contributed by atoms with Gasteiger partial charge in [-0.15, -0.1) is 0 Å². The molecular formula is C15H20O4. The Labute approximate surface area is 112 Å². The van der Waals surface area contributed by atoms with Crippen LogP contribution in [0.5, 0.6) is 0 Å². The Balaban J connectivity index is 2.08. The predicted octanol–water partition coefficient (Wildman–Crippen LogP) is 1.18. The third-order valence-corrected chi connectivity index (χ3v) is 5.41. The van der Waals surface area contributed by atoms with Crippen LogP contribution in [0, 0.1) is 17.3 Å². The van der Waals surface area contributed by atoms with Gasteiger partial charge in [0.1, 0.15) is 6.10 Å². The van der Waals surface area contributed by atoms with E-state index in [1.165, 1.54) is 0 Å². The minimum Gasteiger partial charge on any atom is -0.458 e. The van der Waals surface area contributed by atoms with Gasteiger partial charge in [-0.3, -0.25) is 0 Å². The molecular weight excluding hydrogens is 244 g/mol. The minimum atomic E-state index is -0.649. The Morgan fingerprint density at radius 1 is 1.42 bits per heavy atom. The summed E-state index contributed by atoms with van der Waals surface area (Å²) in [4.78, 5) is 11.7. The molecule has 1 unspecified atom stereocenters. The van der Waals surface area contributed by atoms with E-state index in [0.717, 1.165) is 5.57 Å². The summed E-state index contributed by atoms with van der Waals surface area (Å²) in [5, 5.41) is 20.8. The number of hydrogen-bond donors (Lipinski definition) is 2. The summed E-state index contributed by atoms with van der Waals surface area (Å²) in [6, 6.07) is 0. The highest BCUT2D eigenvalue weighted by atomic mass is 16.6. The first-order chi connectivity index (χ1) is 8.87. The van der Waals surface area contributed by atoms with Crippen molar-refractivity contribution in [1.82, 2.24) is 0 Å². The molecule has 104 valence electrons. The van der Waals surface area contributed by atoms with E-state index >= 15 is 0 Å². The normalized spacial score (nSPS) is 49.3. The fraction of sp³-hybridized carbons (Fsp3) is 0.667. The summed E-state index contributed by atoms with van der Waals surface area (Å²) in [5.41, 5.74) is 0.897. The molecule has 0 amide bonds. The van der Waals surface area contributed by atoms with Crippen LogP contribution >= 0.6 is 0 Å². The molecule has 6 atom stereocenters. The van der Waals surface area contributed by atoms with Crippen LogP contribution in [0.25, 0.3) is 0 Å². The van der Waals surface area contributed by atoms with Crippen LogP contribution in [-0.2, 0) is 9.53 Å². The molecule has 0 aromatic carbocycles. The van der Waals surface area contributed by atoms with E-state index < -0.39 is 17.6 Å². The van der Waals surface area contributed by atoms with Gasteiger partial charge >= 0.3 is 5.97 Å². The first kappa shape index (κ1) is 12.9. The van der Waals surface area contributed by atoms with Crippen LogP contribution in [-0.4, -0.2) is 34.5 Å². The highest BCUT2D eigenvalue weighted by Crippen LogP contribution is 2.56. The lowest BCUT2D eigenvalue weighted by atomic mass is 9.54. The summed E-state index contributed by atoms with van der Waals surface area (Å²) in [5.74, 6) is -0.623. The SMILES string of the molecule is C=C1C(=O)O[C@H]2C1C[C@@H](O)[C@@]1(C)[C@H](O)CC=C(C)[C@H]21. The third kappa shape index (κ3) is 1.50. The van der Waals surface area contributed by atoms with Crippen LogP contribution in [0.1, 0.15) is 26.7 Å². The summed E-state index contributed by atoms with van der Waals surface area (Å²) in [6.07, 6.45) is 1.42.